The average Bonchev–Trinajstić information content (AvgIpc) is 2.80. The number of nitrogens with zero attached hydrogens (tertiary/aromatic N) is 3. The standard InChI is InChI=1S/C23H31N5OS/c1-24-23(25-16-18-4-8-20(9-5-18)22(29)27(2)3)26-17-19-6-10-21(11-7-19)28-12-14-30-15-13-28/h4-11H,12-17H2,1-3H3,(H2,24,25,26). The second kappa shape index (κ2) is 10.9. The molecule has 1 saturated heterocycles. The third kappa shape index (κ3) is 6.16. The molecule has 0 aliphatic carbocycles. The van der Waals surface area contributed by atoms with Crippen molar-refractivity contribution in [1.29, 1.82) is 0 Å². The number of nitrogens with one attached hydrogen (secondary N) is 2. The van der Waals surface area contributed by atoms with Gasteiger partial charge in [-0.25, -0.2) is 0 Å². The van der Waals surface area contributed by atoms with Crippen LogP contribution in [0.4, 0.5) is 5.69 Å². The van der Waals surface area contributed by atoms with Gasteiger partial charge in [0.15, 0.2) is 5.96 Å². The van der Waals surface area contributed by atoms with Gasteiger partial charge in [0.25, 0.3) is 5.91 Å². The van der Waals surface area contributed by atoms with E-state index in [1.807, 2.05) is 36.0 Å². The fourth-order valence-corrected chi connectivity index (χ4v) is 4.16. The van der Waals surface area contributed by atoms with Crippen LogP contribution in [0, 0.1) is 0 Å². The fraction of sp³-hybridized carbons (Fsp3) is 0.391. The van der Waals surface area contributed by atoms with Crippen LogP contribution in [0.25, 0.3) is 0 Å². The SMILES string of the molecule is CN=C(NCc1ccc(C(=O)N(C)C)cc1)NCc1ccc(N2CCSCC2)cc1. The Morgan fingerprint density at radius 3 is 2.00 bits per heavy atom. The molecule has 1 aliphatic rings. The largest absolute Gasteiger partial charge is 0.370 e. The second-order valence-electron chi connectivity index (χ2n) is 7.44. The van der Waals surface area contributed by atoms with Crippen LogP contribution in [0.3, 0.4) is 0 Å². The summed E-state index contributed by atoms with van der Waals surface area (Å²) in [6.45, 7) is 3.61. The molecule has 0 unspecified atom stereocenters. The first kappa shape index (κ1) is 22.0. The zero-order valence-corrected chi connectivity index (χ0v) is 18.8. The molecule has 7 heteroatoms. The molecular formula is C23H31N5OS. The molecule has 0 spiro atoms. The molecule has 0 aromatic heterocycles. The minimum Gasteiger partial charge on any atom is -0.370 e. The van der Waals surface area contributed by atoms with Crippen molar-refractivity contribution >= 4 is 29.3 Å². The van der Waals surface area contributed by atoms with Gasteiger partial charge in [0.05, 0.1) is 0 Å². The van der Waals surface area contributed by atoms with E-state index < -0.39 is 0 Å². The third-order valence-electron chi connectivity index (χ3n) is 5.06. The Kier molecular flexibility index (Phi) is 8.02. The number of benzene rings is 2. The van der Waals surface area contributed by atoms with Crippen LogP contribution in [0.15, 0.2) is 53.5 Å². The summed E-state index contributed by atoms with van der Waals surface area (Å²) >= 11 is 2.03. The lowest BCUT2D eigenvalue weighted by atomic mass is 10.1. The van der Waals surface area contributed by atoms with Crippen LogP contribution in [-0.2, 0) is 13.1 Å². The maximum atomic E-state index is 12.0. The Balaban J connectivity index is 1.47. The van der Waals surface area contributed by atoms with Crippen molar-refractivity contribution < 1.29 is 4.79 Å². The van der Waals surface area contributed by atoms with Gasteiger partial charge >= 0.3 is 0 Å². The lowest BCUT2D eigenvalue weighted by molar-refractivity contribution is 0.0827. The van der Waals surface area contributed by atoms with Gasteiger partial charge in [-0.3, -0.25) is 9.79 Å². The number of guanidine groups is 1. The van der Waals surface area contributed by atoms with Crippen molar-refractivity contribution in [2.45, 2.75) is 13.1 Å². The molecular weight excluding hydrogens is 394 g/mol. The maximum absolute atomic E-state index is 12.0. The zero-order valence-electron chi connectivity index (χ0n) is 18.0. The molecule has 1 heterocycles. The summed E-state index contributed by atoms with van der Waals surface area (Å²) in [6.07, 6.45) is 0. The predicted molar refractivity (Wildman–Crippen MR) is 127 cm³/mol. The molecule has 6 nitrogen and oxygen atoms in total. The third-order valence-corrected chi connectivity index (χ3v) is 6.01. The van der Waals surface area contributed by atoms with Crippen molar-refractivity contribution in [3.8, 4) is 0 Å². The summed E-state index contributed by atoms with van der Waals surface area (Å²) in [6, 6.07) is 16.4. The van der Waals surface area contributed by atoms with Crippen LogP contribution < -0.4 is 15.5 Å². The molecule has 160 valence electrons. The van der Waals surface area contributed by atoms with E-state index in [1.54, 1.807) is 26.0 Å². The lowest BCUT2D eigenvalue weighted by Gasteiger charge is -2.28. The minimum atomic E-state index is 0.0113. The summed E-state index contributed by atoms with van der Waals surface area (Å²) < 4.78 is 0. The van der Waals surface area contributed by atoms with E-state index in [-0.39, 0.29) is 5.91 Å². The van der Waals surface area contributed by atoms with Crippen molar-refractivity contribution in [2.75, 3.05) is 50.6 Å². The van der Waals surface area contributed by atoms with E-state index in [4.69, 9.17) is 0 Å². The molecule has 2 N–H and O–H groups in total. The van der Waals surface area contributed by atoms with Crippen LogP contribution in [-0.4, -0.2) is 62.5 Å². The van der Waals surface area contributed by atoms with Gasteiger partial charge in [0.2, 0.25) is 0 Å². The number of amides is 1. The fourth-order valence-electron chi connectivity index (χ4n) is 3.26. The minimum absolute atomic E-state index is 0.0113. The van der Waals surface area contributed by atoms with Gasteiger partial charge in [-0.15, -0.1) is 0 Å². The molecule has 2 aromatic carbocycles. The molecule has 3 rings (SSSR count). The molecule has 0 radical (unpaired) electrons. The van der Waals surface area contributed by atoms with Crippen molar-refractivity contribution in [3.05, 3.63) is 65.2 Å². The van der Waals surface area contributed by atoms with E-state index in [1.165, 1.54) is 22.8 Å². The Labute approximate surface area is 183 Å². The normalized spacial score (nSPS) is 14.4. The topological polar surface area (TPSA) is 60.0 Å². The number of carbonyl (C=O) groups is 1. The van der Waals surface area contributed by atoms with E-state index in [0.717, 1.165) is 24.6 Å². The summed E-state index contributed by atoms with van der Waals surface area (Å²) in [7, 11) is 5.29. The Hall–Kier alpha value is -2.67. The Morgan fingerprint density at radius 1 is 0.967 bits per heavy atom. The number of hydrogen-bond acceptors (Lipinski definition) is 4. The summed E-state index contributed by atoms with van der Waals surface area (Å²) in [4.78, 5) is 20.3. The molecule has 0 bridgehead atoms. The van der Waals surface area contributed by atoms with Gasteiger partial charge in [-0.2, -0.15) is 11.8 Å². The monoisotopic (exact) mass is 425 g/mol. The predicted octanol–water partition coefficient (Wildman–Crippen LogP) is 2.81. The van der Waals surface area contributed by atoms with Gasteiger partial charge in [-0.05, 0) is 35.4 Å². The van der Waals surface area contributed by atoms with Crippen LogP contribution in [0.1, 0.15) is 21.5 Å². The first-order chi connectivity index (χ1) is 14.6. The highest BCUT2D eigenvalue weighted by Gasteiger charge is 2.11. The first-order valence-electron chi connectivity index (χ1n) is 10.2. The highest BCUT2D eigenvalue weighted by atomic mass is 32.2. The Morgan fingerprint density at radius 2 is 1.50 bits per heavy atom. The number of anilines is 1. The molecule has 1 fully saturated rings. The van der Waals surface area contributed by atoms with E-state index in [2.05, 4.69) is 44.8 Å². The molecule has 1 amide bonds. The highest BCUT2D eigenvalue weighted by molar-refractivity contribution is 7.99. The lowest BCUT2D eigenvalue weighted by Crippen LogP contribution is -2.36. The van der Waals surface area contributed by atoms with Gasteiger partial charge < -0.3 is 20.4 Å². The number of carbonyl (C=O) groups excluding carboxylic acids is 1. The summed E-state index contributed by atoms with van der Waals surface area (Å²) in [5, 5.41) is 6.68. The summed E-state index contributed by atoms with van der Waals surface area (Å²) in [5.41, 5.74) is 4.31. The molecule has 30 heavy (non-hydrogen) atoms. The number of aliphatic imine (C=N–C) groups is 1. The summed E-state index contributed by atoms with van der Waals surface area (Å²) in [5.74, 6) is 3.18. The Bertz CT molecular complexity index is 843. The zero-order chi connectivity index (χ0) is 21.3. The highest BCUT2D eigenvalue weighted by Crippen LogP contribution is 2.19. The second-order valence-corrected chi connectivity index (χ2v) is 8.67. The number of hydrogen-bond donors (Lipinski definition) is 2. The van der Waals surface area contributed by atoms with Crippen molar-refractivity contribution in [2.24, 2.45) is 4.99 Å². The maximum Gasteiger partial charge on any atom is 0.253 e. The molecule has 0 saturated carbocycles. The molecule has 2 aromatic rings. The van der Waals surface area contributed by atoms with Crippen LogP contribution >= 0.6 is 11.8 Å². The smallest absolute Gasteiger partial charge is 0.253 e. The molecule has 0 atom stereocenters. The van der Waals surface area contributed by atoms with Gasteiger partial charge in [-0.1, -0.05) is 24.3 Å². The molecule has 1 aliphatic heterocycles. The van der Waals surface area contributed by atoms with Crippen LogP contribution in [0.2, 0.25) is 0 Å². The first-order valence-corrected chi connectivity index (χ1v) is 11.4. The van der Waals surface area contributed by atoms with E-state index >= 15 is 0 Å². The van der Waals surface area contributed by atoms with Gasteiger partial charge in [0.1, 0.15) is 0 Å². The van der Waals surface area contributed by atoms with Crippen LogP contribution in [0.5, 0.6) is 0 Å². The van der Waals surface area contributed by atoms with E-state index in [0.29, 0.717) is 18.7 Å². The number of rotatable bonds is 6. The van der Waals surface area contributed by atoms with Gasteiger partial charge in [0, 0.05) is 70.1 Å². The van der Waals surface area contributed by atoms with Crippen molar-refractivity contribution in [1.82, 2.24) is 15.5 Å². The average molecular weight is 426 g/mol. The van der Waals surface area contributed by atoms with E-state index in [9.17, 15) is 4.79 Å². The van der Waals surface area contributed by atoms with Crippen molar-refractivity contribution in [3.63, 3.8) is 0 Å². The number of thioether (sulfide) groups is 1. The quantitative estimate of drug-likeness (QED) is 0.551.